The van der Waals surface area contributed by atoms with Crippen LogP contribution in [0.1, 0.15) is 33.6 Å². The molecule has 0 aliphatic heterocycles. The fourth-order valence-electron chi connectivity index (χ4n) is 2.43. The lowest BCUT2D eigenvalue weighted by atomic mass is 10.2. The van der Waals surface area contributed by atoms with E-state index in [4.69, 9.17) is 21.1 Å². The average molecular weight is 341 g/mol. The smallest absolute Gasteiger partial charge is 0.317 e. The highest BCUT2D eigenvalue weighted by Gasteiger charge is 2.39. The molecule has 1 amide bonds. The molecule has 0 bridgehead atoms. The molecule has 1 aromatic rings. The molecule has 1 aromatic carbocycles. The maximum Gasteiger partial charge on any atom is 0.317 e. The Balaban J connectivity index is 3.27. The Bertz CT molecular complexity index is 533. The van der Waals surface area contributed by atoms with E-state index in [1.807, 2.05) is 19.1 Å². The van der Waals surface area contributed by atoms with Crippen LogP contribution in [0.25, 0.3) is 0 Å². The van der Waals surface area contributed by atoms with E-state index in [0.29, 0.717) is 36.2 Å². The first-order valence-electron chi connectivity index (χ1n) is 8.02. The van der Waals surface area contributed by atoms with Crippen LogP contribution in [0.3, 0.4) is 0 Å². The van der Waals surface area contributed by atoms with Gasteiger partial charge < -0.3 is 9.47 Å². The van der Waals surface area contributed by atoms with Crippen LogP contribution in [0.4, 0.5) is 5.69 Å². The van der Waals surface area contributed by atoms with Gasteiger partial charge in [-0.05, 0) is 25.5 Å². The highest BCUT2D eigenvalue weighted by Crippen LogP contribution is 2.40. The van der Waals surface area contributed by atoms with E-state index in [9.17, 15) is 4.79 Å². The van der Waals surface area contributed by atoms with Crippen molar-refractivity contribution in [3.8, 4) is 5.75 Å². The molecule has 0 aliphatic carbocycles. The number of halogens is 1. The van der Waals surface area contributed by atoms with Crippen molar-refractivity contribution in [2.24, 2.45) is 0 Å². The lowest BCUT2D eigenvalue weighted by molar-refractivity contribution is -0.132. The number of hydrogen-bond donors (Lipinski definition) is 0. The first kappa shape index (κ1) is 19.7. The molecule has 0 spiro atoms. The predicted octanol–water partition coefficient (Wildman–Crippen LogP) is 4.55. The molecule has 1 unspecified atom stereocenters. The van der Waals surface area contributed by atoms with Crippen molar-refractivity contribution in [3.05, 3.63) is 35.9 Å². The number of ether oxygens (including phenoxy) is 2. The van der Waals surface area contributed by atoms with E-state index < -0.39 is 0 Å². The van der Waals surface area contributed by atoms with Gasteiger partial charge in [-0.3, -0.25) is 0 Å². The van der Waals surface area contributed by atoms with Crippen molar-refractivity contribution >= 4 is 23.2 Å². The van der Waals surface area contributed by atoms with E-state index in [1.54, 1.807) is 19.1 Å². The maximum atomic E-state index is 12.5. The summed E-state index contributed by atoms with van der Waals surface area (Å²) in [6, 6.07) is 5.47. The van der Waals surface area contributed by atoms with Gasteiger partial charge in [-0.15, -0.1) is 6.58 Å². The molecule has 4 nitrogen and oxygen atoms in total. The molecular formula is C18H27ClNO3+. The molecule has 0 saturated carbocycles. The summed E-state index contributed by atoms with van der Waals surface area (Å²) < 4.78 is 11.5. The van der Waals surface area contributed by atoms with E-state index in [1.165, 1.54) is 0 Å². The van der Waals surface area contributed by atoms with Crippen molar-refractivity contribution in [3.63, 3.8) is 0 Å². The summed E-state index contributed by atoms with van der Waals surface area (Å²) in [5.41, 5.74) is 0.671. The summed E-state index contributed by atoms with van der Waals surface area (Å²) in [6.07, 6.45) is 3.65. The normalized spacial score (nSPS) is 13.4. The molecule has 0 aromatic heterocycles. The van der Waals surface area contributed by atoms with Gasteiger partial charge in [-0.2, -0.15) is 0 Å². The van der Waals surface area contributed by atoms with Crippen molar-refractivity contribution in [2.45, 2.75) is 33.6 Å². The number of hydrogen-bond acceptors (Lipinski definition) is 3. The molecule has 0 fully saturated rings. The van der Waals surface area contributed by atoms with Gasteiger partial charge in [0, 0.05) is 0 Å². The highest BCUT2D eigenvalue weighted by molar-refractivity contribution is 6.33. The molecule has 0 N–H and O–H groups in total. The van der Waals surface area contributed by atoms with Gasteiger partial charge in [-0.1, -0.05) is 37.1 Å². The number of para-hydroxylation sites is 1. The van der Waals surface area contributed by atoms with Crippen LogP contribution in [0.2, 0.25) is 5.02 Å². The standard InChI is InChI=1S/C18H27ClNO3/c1-5-8-13-23-17-11-9-10-16(19)18(17)20(7-3,15(4)21)14-22-12-6-2/h6,9-11H,2,5,7-8,12-14H2,1,3-4H3/q+1. The van der Waals surface area contributed by atoms with E-state index in [2.05, 4.69) is 13.5 Å². The molecule has 0 aliphatic rings. The van der Waals surface area contributed by atoms with Gasteiger partial charge in [0.1, 0.15) is 5.02 Å². The third kappa shape index (κ3) is 4.80. The molecule has 0 heterocycles. The zero-order chi connectivity index (χ0) is 17.3. The molecule has 1 rings (SSSR count). The van der Waals surface area contributed by atoms with Crippen LogP contribution in [-0.2, 0) is 9.53 Å². The van der Waals surface area contributed by atoms with Crippen LogP contribution >= 0.6 is 11.6 Å². The third-order valence-corrected chi connectivity index (χ3v) is 4.13. The first-order valence-corrected chi connectivity index (χ1v) is 8.40. The molecule has 128 valence electrons. The van der Waals surface area contributed by atoms with Gasteiger partial charge in [0.15, 0.2) is 12.5 Å². The Kier molecular flexibility index (Phi) is 8.31. The third-order valence-electron chi connectivity index (χ3n) is 3.82. The summed E-state index contributed by atoms with van der Waals surface area (Å²) in [5.74, 6) is 0.607. The quantitative estimate of drug-likeness (QED) is 0.271. The summed E-state index contributed by atoms with van der Waals surface area (Å²) in [5, 5.41) is 0.512. The van der Waals surface area contributed by atoms with Crippen LogP contribution in [0.15, 0.2) is 30.9 Å². The zero-order valence-electron chi connectivity index (χ0n) is 14.3. The maximum absolute atomic E-state index is 12.5. The molecule has 23 heavy (non-hydrogen) atoms. The number of carbonyl (C=O) groups excluding carboxylic acids is 1. The Hall–Kier alpha value is -1.36. The van der Waals surface area contributed by atoms with Crippen LogP contribution in [-0.4, -0.2) is 32.4 Å². The topological polar surface area (TPSA) is 35.5 Å². The SMILES string of the molecule is C=CCOC[N+](CC)(C(C)=O)c1c(Cl)cccc1OCCCC. The summed E-state index contributed by atoms with van der Waals surface area (Å²) >= 11 is 6.44. The van der Waals surface area contributed by atoms with Crippen molar-refractivity contribution in [2.75, 3.05) is 26.5 Å². The van der Waals surface area contributed by atoms with Crippen LogP contribution < -0.4 is 9.22 Å². The minimum Gasteiger partial charge on any atom is -0.487 e. The second-order valence-electron chi connectivity index (χ2n) is 5.38. The van der Waals surface area contributed by atoms with Crippen molar-refractivity contribution in [1.29, 1.82) is 0 Å². The lowest BCUT2D eigenvalue weighted by Gasteiger charge is -2.34. The number of rotatable bonds is 10. The minimum atomic E-state index is -0.0370. The zero-order valence-corrected chi connectivity index (χ0v) is 15.1. The second kappa shape index (κ2) is 9.71. The molecule has 0 radical (unpaired) electrons. The summed E-state index contributed by atoms with van der Waals surface area (Å²) in [4.78, 5) is 12.5. The Morgan fingerprint density at radius 3 is 2.70 bits per heavy atom. The Morgan fingerprint density at radius 1 is 1.39 bits per heavy atom. The minimum absolute atomic E-state index is 0.00499. The van der Waals surface area contributed by atoms with Crippen molar-refractivity contribution < 1.29 is 14.3 Å². The lowest BCUT2D eigenvalue weighted by Crippen LogP contribution is -2.54. The first-order chi connectivity index (χ1) is 11.0. The van der Waals surface area contributed by atoms with E-state index in [0.717, 1.165) is 12.8 Å². The fourth-order valence-corrected chi connectivity index (χ4v) is 2.76. The number of unbranched alkanes of at least 4 members (excludes halogenated alkanes) is 1. The number of carbonyl (C=O) groups is 1. The predicted molar refractivity (Wildman–Crippen MR) is 95.9 cm³/mol. The fraction of sp³-hybridized carbons (Fsp3) is 0.500. The summed E-state index contributed by atoms with van der Waals surface area (Å²) in [6.45, 7) is 10.9. The number of benzene rings is 1. The highest BCUT2D eigenvalue weighted by atomic mass is 35.5. The Morgan fingerprint density at radius 2 is 2.13 bits per heavy atom. The number of quaternary nitrogens is 1. The van der Waals surface area contributed by atoms with E-state index >= 15 is 0 Å². The Labute approximate surface area is 144 Å². The van der Waals surface area contributed by atoms with E-state index in [-0.39, 0.29) is 17.1 Å². The monoisotopic (exact) mass is 340 g/mol. The molecule has 5 heteroatoms. The molecule has 0 saturated heterocycles. The molecule has 1 atom stereocenters. The van der Waals surface area contributed by atoms with Gasteiger partial charge in [0.05, 0.1) is 26.7 Å². The van der Waals surface area contributed by atoms with Crippen LogP contribution in [0.5, 0.6) is 5.75 Å². The average Bonchev–Trinajstić information content (AvgIpc) is 2.53. The second-order valence-corrected chi connectivity index (χ2v) is 5.79. The number of amides is 1. The number of nitrogens with zero attached hydrogens (tertiary/aromatic N) is 1. The van der Waals surface area contributed by atoms with Gasteiger partial charge >= 0.3 is 5.91 Å². The van der Waals surface area contributed by atoms with Crippen LogP contribution in [0, 0.1) is 0 Å². The van der Waals surface area contributed by atoms with Crippen molar-refractivity contribution in [1.82, 2.24) is 4.48 Å². The summed E-state index contributed by atoms with van der Waals surface area (Å²) in [7, 11) is 0. The largest absolute Gasteiger partial charge is 0.487 e. The van der Waals surface area contributed by atoms with Gasteiger partial charge in [0.2, 0.25) is 5.69 Å². The van der Waals surface area contributed by atoms with Gasteiger partial charge in [-0.25, -0.2) is 9.28 Å². The van der Waals surface area contributed by atoms with Gasteiger partial charge in [0.25, 0.3) is 0 Å². The molecular weight excluding hydrogens is 314 g/mol.